The molecule has 1 amide bonds. The van der Waals surface area contributed by atoms with Crippen LogP contribution in [0, 0.1) is 5.92 Å². The summed E-state index contributed by atoms with van der Waals surface area (Å²) in [6.07, 6.45) is 2.84. The normalized spacial score (nSPS) is 18.9. The Morgan fingerprint density at radius 1 is 1.16 bits per heavy atom. The van der Waals surface area contributed by atoms with Gasteiger partial charge in [0.2, 0.25) is 5.91 Å². The lowest BCUT2D eigenvalue weighted by Gasteiger charge is -2.37. The standard InChI is InChI=1S/C24H39N5O2.HI/c1-20(27(3)19-21-7-5-4-6-8-21)9-12-26-24(25-2)29-13-10-22(11-14-29)23(30)28-15-17-31-18-16-28;/h4-8,20,22H,9-19H2,1-3H3,(H,25,26);1H. The van der Waals surface area contributed by atoms with Crippen molar-refractivity contribution < 1.29 is 9.53 Å². The Hall–Kier alpha value is -1.39. The summed E-state index contributed by atoms with van der Waals surface area (Å²) in [5, 5.41) is 3.53. The molecule has 2 fully saturated rings. The highest BCUT2D eigenvalue weighted by Gasteiger charge is 2.30. The smallest absolute Gasteiger partial charge is 0.225 e. The molecular weight excluding hydrogens is 517 g/mol. The SMILES string of the molecule is CN=C(NCCC(C)N(C)Cc1ccccc1)N1CCC(C(=O)N2CCOCC2)CC1.I. The molecule has 7 nitrogen and oxygen atoms in total. The average molecular weight is 558 g/mol. The second-order valence-corrected chi connectivity index (χ2v) is 8.71. The molecule has 0 aliphatic carbocycles. The van der Waals surface area contributed by atoms with E-state index in [1.54, 1.807) is 0 Å². The number of halogens is 1. The van der Waals surface area contributed by atoms with Crippen molar-refractivity contribution in [1.29, 1.82) is 0 Å². The first-order valence-electron chi connectivity index (χ1n) is 11.6. The number of rotatable bonds is 7. The van der Waals surface area contributed by atoms with E-state index in [0.717, 1.165) is 64.5 Å². The molecule has 1 aromatic carbocycles. The molecule has 0 radical (unpaired) electrons. The summed E-state index contributed by atoms with van der Waals surface area (Å²) in [5.74, 6) is 1.40. The van der Waals surface area contributed by atoms with Crippen molar-refractivity contribution in [1.82, 2.24) is 20.0 Å². The van der Waals surface area contributed by atoms with Crippen LogP contribution in [0.15, 0.2) is 35.3 Å². The number of ether oxygens (including phenoxy) is 1. The number of nitrogens with one attached hydrogen (secondary N) is 1. The number of carbonyl (C=O) groups excluding carboxylic acids is 1. The van der Waals surface area contributed by atoms with Crippen LogP contribution in [0.2, 0.25) is 0 Å². The number of nitrogens with zero attached hydrogens (tertiary/aromatic N) is 4. The summed E-state index contributed by atoms with van der Waals surface area (Å²) in [5.41, 5.74) is 1.34. The van der Waals surface area contributed by atoms with Crippen LogP contribution in [0.1, 0.15) is 31.7 Å². The van der Waals surface area contributed by atoms with E-state index in [1.165, 1.54) is 5.56 Å². The van der Waals surface area contributed by atoms with Gasteiger partial charge in [0.1, 0.15) is 0 Å². The van der Waals surface area contributed by atoms with Crippen LogP contribution >= 0.6 is 24.0 Å². The number of piperidine rings is 1. The van der Waals surface area contributed by atoms with Crippen LogP contribution in [0.3, 0.4) is 0 Å². The molecule has 2 saturated heterocycles. The summed E-state index contributed by atoms with van der Waals surface area (Å²) in [6, 6.07) is 11.1. The van der Waals surface area contributed by atoms with Gasteiger partial charge in [0.05, 0.1) is 13.2 Å². The fraction of sp³-hybridized carbons (Fsp3) is 0.667. The lowest BCUT2D eigenvalue weighted by Crippen LogP contribution is -2.50. The Bertz CT molecular complexity index is 704. The maximum absolute atomic E-state index is 12.7. The molecule has 1 atom stereocenters. The summed E-state index contributed by atoms with van der Waals surface area (Å²) in [4.78, 5) is 23.9. The van der Waals surface area contributed by atoms with E-state index in [2.05, 4.69) is 64.4 Å². The summed E-state index contributed by atoms with van der Waals surface area (Å²) < 4.78 is 5.37. The van der Waals surface area contributed by atoms with Crippen LogP contribution in [0.4, 0.5) is 0 Å². The van der Waals surface area contributed by atoms with Crippen LogP contribution in [-0.4, -0.2) is 92.6 Å². The van der Waals surface area contributed by atoms with E-state index in [-0.39, 0.29) is 29.9 Å². The van der Waals surface area contributed by atoms with Gasteiger partial charge in [-0.25, -0.2) is 0 Å². The van der Waals surface area contributed by atoms with Crippen molar-refractivity contribution in [3.63, 3.8) is 0 Å². The van der Waals surface area contributed by atoms with Crippen LogP contribution in [-0.2, 0) is 16.1 Å². The molecule has 1 N–H and O–H groups in total. The highest BCUT2D eigenvalue weighted by atomic mass is 127. The largest absolute Gasteiger partial charge is 0.378 e. The van der Waals surface area contributed by atoms with E-state index in [0.29, 0.717) is 25.2 Å². The van der Waals surface area contributed by atoms with Crippen LogP contribution in [0.25, 0.3) is 0 Å². The zero-order valence-electron chi connectivity index (χ0n) is 19.8. The lowest BCUT2D eigenvalue weighted by molar-refractivity contribution is -0.140. The minimum Gasteiger partial charge on any atom is -0.378 e. The summed E-state index contributed by atoms with van der Waals surface area (Å²) in [7, 11) is 4.03. The zero-order chi connectivity index (χ0) is 22.1. The molecule has 0 saturated carbocycles. The van der Waals surface area contributed by atoms with Gasteiger partial charge in [-0.2, -0.15) is 0 Å². The molecule has 2 aliphatic rings. The second kappa shape index (κ2) is 14.0. The Labute approximate surface area is 210 Å². The van der Waals surface area contributed by atoms with Crippen molar-refractivity contribution in [2.24, 2.45) is 10.9 Å². The van der Waals surface area contributed by atoms with E-state index in [9.17, 15) is 4.79 Å². The Kier molecular flexibility index (Phi) is 11.7. The summed E-state index contributed by atoms with van der Waals surface area (Å²) in [6.45, 7) is 8.68. The number of amides is 1. The average Bonchev–Trinajstić information content (AvgIpc) is 2.82. The van der Waals surface area contributed by atoms with Gasteiger partial charge in [-0.05, 0) is 38.8 Å². The number of likely N-dealkylation sites (tertiary alicyclic amines) is 1. The second-order valence-electron chi connectivity index (χ2n) is 8.71. The van der Waals surface area contributed by atoms with Crippen molar-refractivity contribution in [3.05, 3.63) is 35.9 Å². The number of benzene rings is 1. The Balaban J connectivity index is 0.00000363. The van der Waals surface area contributed by atoms with Gasteiger partial charge in [0.25, 0.3) is 0 Å². The predicted molar refractivity (Wildman–Crippen MR) is 140 cm³/mol. The van der Waals surface area contributed by atoms with Gasteiger partial charge < -0.3 is 19.9 Å². The molecular formula is C24H40IN5O2. The molecule has 8 heteroatoms. The molecule has 2 heterocycles. The maximum atomic E-state index is 12.7. The monoisotopic (exact) mass is 557 g/mol. The number of hydrogen-bond acceptors (Lipinski definition) is 4. The lowest BCUT2D eigenvalue weighted by atomic mass is 9.95. The first-order valence-corrected chi connectivity index (χ1v) is 11.6. The van der Waals surface area contributed by atoms with Crippen molar-refractivity contribution in [2.75, 3.05) is 60.0 Å². The molecule has 0 spiro atoms. The first-order chi connectivity index (χ1) is 15.1. The van der Waals surface area contributed by atoms with Gasteiger partial charge in [0.15, 0.2) is 5.96 Å². The van der Waals surface area contributed by atoms with Gasteiger partial charge >= 0.3 is 0 Å². The number of aliphatic imine (C=N–C) groups is 1. The maximum Gasteiger partial charge on any atom is 0.225 e. The van der Waals surface area contributed by atoms with Gasteiger partial charge in [-0.3, -0.25) is 14.7 Å². The fourth-order valence-electron chi connectivity index (χ4n) is 4.35. The third-order valence-electron chi connectivity index (χ3n) is 6.55. The third kappa shape index (κ3) is 7.88. The van der Waals surface area contributed by atoms with Gasteiger partial charge in [0, 0.05) is 58.3 Å². The zero-order valence-corrected chi connectivity index (χ0v) is 22.2. The topological polar surface area (TPSA) is 60.4 Å². The van der Waals surface area contributed by atoms with Crippen LogP contribution in [0.5, 0.6) is 0 Å². The molecule has 2 aliphatic heterocycles. The molecule has 3 rings (SSSR count). The quantitative estimate of drug-likeness (QED) is 0.318. The van der Waals surface area contributed by atoms with E-state index in [1.807, 2.05) is 11.9 Å². The molecule has 180 valence electrons. The number of carbonyl (C=O) groups is 1. The first kappa shape index (κ1) is 26.9. The third-order valence-corrected chi connectivity index (χ3v) is 6.55. The minimum atomic E-state index is 0. The van der Waals surface area contributed by atoms with E-state index in [4.69, 9.17) is 4.74 Å². The fourth-order valence-corrected chi connectivity index (χ4v) is 4.35. The van der Waals surface area contributed by atoms with Crippen molar-refractivity contribution in [3.8, 4) is 0 Å². The molecule has 0 bridgehead atoms. The number of guanidine groups is 1. The number of morpholine rings is 1. The minimum absolute atomic E-state index is 0. The van der Waals surface area contributed by atoms with E-state index >= 15 is 0 Å². The highest BCUT2D eigenvalue weighted by molar-refractivity contribution is 14.0. The molecule has 1 unspecified atom stereocenters. The molecule has 32 heavy (non-hydrogen) atoms. The van der Waals surface area contributed by atoms with Crippen LogP contribution < -0.4 is 5.32 Å². The highest BCUT2D eigenvalue weighted by Crippen LogP contribution is 2.20. The predicted octanol–water partition coefficient (Wildman–Crippen LogP) is 2.66. The molecule has 1 aromatic rings. The number of hydrogen-bond donors (Lipinski definition) is 1. The van der Waals surface area contributed by atoms with Crippen molar-refractivity contribution >= 4 is 35.8 Å². The van der Waals surface area contributed by atoms with E-state index < -0.39 is 0 Å². The van der Waals surface area contributed by atoms with Gasteiger partial charge in [-0.15, -0.1) is 24.0 Å². The summed E-state index contributed by atoms with van der Waals surface area (Å²) >= 11 is 0. The molecule has 0 aromatic heterocycles. The van der Waals surface area contributed by atoms with Gasteiger partial charge in [-0.1, -0.05) is 30.3 Å². The Morgan fingerprint density at radius 2 is 1.81 bits per heavy atom. The Morgan fingerprint density at radius 3 is 2.44 bits per heavy atom. The van der Waals surface area contributed by atoms with Crippen molar-refractivity contribution in [2.45, 2.75) is 38.8 Å².